The van der Waals surface area contributed by atoms with E-state index < -0.39 is 0 Å². The van der Waals surface area contributed by atoms with Gasteiger partial charge >= 0.3 is 0 Å². The molecule has 0 aliphatic carbocycles. The summed E-state index contributed by atoms with van der Waals surface area (Å²) in [5.41, 5.74) is 0. The highest BCUT2D eigenvalue weighted by atomic mass is 32.1. The van der Waals surface area contributed by atoms with Crippen molar-refractivity contribution in [1.29, 1.82) is 0 Å². The Morgan fingerprint density at radius 2 is 1.20 bits per heavy atom. The van der Waals surface area contributed by atoms with Crippen molar-refractivity contribution in [2.75, 3.05) is 26.2 Å². The van der Waals surface area contributed by atoms with E-state index in [0.717, 1.165) is 43.9 Å². The molecule has 0 aliphatic heterocycles. The molecular formula is C17H38N2S. The normalized spacial score (nSPS) is 15.0. The molecule has 0 saturated heterocycles. The number of rotatable bonds is 13. The number of hydrogen-bond acceptors (Lipinski definition) is 3. The Balaban J connectivity index is 3.57. The SMILES string of the molecule is CCC(CC)C(C)CNCCNCC(S)C(CC)CC. The fourth-order valence-corrected chi connectivity index (χ4v) is 3.57. The summed E-state index contributed by atoms with van der Waals surface area (Å²) in [5, 5.41) is 7.60. The zero-order valence-electron chi connectivity index (χ0n) is 14.4. The minimum absolute atomic E-state index is 0.494. The minimum Gasteiger partial charge on any atom is -0.315 e. The van der Waals surface area contributed by atoms with Crippen LogP contribution in [0.25, 0.3) is 0 Å². The third-order valence-corrected chi connectivity index (χ3v) is 5.35. The van der Waals surface area contributed by atoms with Crippen LogP contribution in [-0.4, -0.2) is 31.4 Å². The van der Waals surface area contributed by atoms with Gasteiger partial charge in [0.1, 0.15) is 0 Å². The van der Waals surface area contributed by atoms with Gasteiger partial charge < -0.3 is 10.6 Å². The molecule has 0 aromatic carbocycles. The first kappa shape index (κ1) is 20.3. The van der Waals surface area contributed by atoms with E-state index >= 15 is 0 Å². The van der Waals surface area contributed by atoms with Gasteiger partial charge in [-0.3, -0.25) is 0 Å². The van der Waals surface area contributed by atoms with Crippen LogP contribution >= 0.6 is 12.6 Å². The summed E-state index contributed by atoms with van der Waals surface area (Å²) in [6.07, 6.45) is 5.07. The number of nitrogens with one attached hydrogen (secondary N) is 2. The second-order valence-corrected chi connectivity index (χ2v) is 6.77. The average molecular weight is 303 g/mol. The molecule has 3 heteroatoms. The molecule has 0 aliphatic rings. The molecule has 2 atom stereocenters. The lowest BCUT2D eigenvalue weighted by Crippen LogP contribution is -2.35. The standard InChI is InChI=1S/C17H38N2S/c1-6-15(7-2)14(5)12-18-10-11-19-13-17(20)16(8-3)9-4/h14-20H,6-13H2,1-5H3. The van der Waals surface area contributed by atoms with Crippen molar-refractivity contribution in [3.05, 3.63) is 0 Å². The molecule has 0 amide bonds. The Bertz CT molecular complexity index is 181. The van der Waals surface area contributed by atoms with Crippen LogP contribution < -0.4 is 10.6 Å². The monoisotopic (exact) mass is 302 g/mol. The van der Waals surface area contributed by atoms with E-state index in [-0.39, 0.29) is 0 Å². The molecule has 0 rings (SSSR count). The Morgan fingerprint density at radius 1 is 0.750 bits per heavy atom. The second-order valence-electron chi connectivity index (χ2n) is 6.11. The summed E-state index contributed by atoms with van der Waals surface area (Å²) in [7, 11) is 0. The Hall–Kier alpha value is 0.270. The topological polar surface area (TPSA) is 24.1 Å². The highest BCUT2D eigenvalue weighted by Gasteiger charge is 2.14. The van der Waals surface area contributed by atoms with E-state index in [1.165, 1.54) is 25.7 Å². The number of thiol groups is 1. The van der Waals surface area contributed by atoms with Crippen molar-refractivity contribution in [2.24, 2.45) is 17.8 Å². The summed E-state index contributed by atoms with van der Waals surface area (Å²) in [4.78, 5) is 0. The van der Waals surface area contributed by atoms with Crippen LogP contribution in [-0.2, 0) is 0 Å². The van der Waals surface area contributed by atoms with E-state index in [1.54, 1.807) is 0 Å². The van der Waals surface area contributed by atoms with Gasteiger partial charge in [-0.2, -0.15) is 12.6 Å². The molecular weight excluding hydrogens is 264 g/mol. The van der Waals surface area contributed by atoms with Gasteiger partial charge in [0.15, 0.2) is 0 Å². The molecule has 0 heterocycles. The van der Waals surface area contributed by atoms with Crippen LogP contribution in [0, 0.1) is 17.8 Å². The van der Waals surface area contributed by atoms with Crippen molar-refractivity contribution in [3.8, 4) is 0 Å². The van der Waals surface area contributed by atoms with Crippen LogP contribution in [0.1, 0.15) is 60.3 Å². The zero-order chi connectivity index (χ0) is 15.4. The van der Waals surface area contributed by atoms with Crippen molar-refractivity contribution in [3.63, 3.8) is 0 Å². The summed E-state index contributed by atoms with van der Waals surface area (Å²) in [6.45, 7) is 15.8. The molecule has 2 unspecified atom stereocenters. The molecule has 0 radical (unpaired) electrons. The molecule has 0 aromatic heterocycles. The molecule has 0 fully saturated rings. The Kier molecular flexibility index (Phi) is 13.1. The molecule has 2 nitrogen and oxygen atoms in total. The molecule has 2 N–H and O–H groups in total. The van der Waals surface area contributed by atoms with Crippen molar-refractivity contribution >= 4 is 12.6 Å². The minimum atomic E-state index is 0.494. The predicted molar refractivity (Wildman–Crippen MR) is 95.8 cm³/mol. The van der Waals surface area contributed by atoms with Crippen LogP contribution in [0.2, 0.25) is 0 Å². The lowest BCUT2D eigenvalue weighted by Gasteiger charge is -2.22. The molecule has 0 saturated carbocycles. The average Bonchev–Trinajstić information content (AvgIpc) is 2.45. The first-order valence-electron chi connectivity index (χ1n) is 8.69. The smallest absolute Gasteiger partial charge is 0.0170 e. The maximum Gasteiger partial charge on any atom is 0.0170 e. The lowest BCUT2D eigenvalue weighted by atomic mass is 9.89. The van der Waals surface area contributed by atoms with Gasteiger partial charge in [-0.1, -0.05) is 60.3 Å². The van der Waals surface area contributed by atoms with Gasteiger partial charge in [0, 0.05) is 24.9 Å². The molecule has 0 bridgehead atoms. The molecule has 0 spiro atoms. The summed E-state index contributed by atoms with van der Waals surface area (Å²) in [6, 6.07) is 0. The van der Waals surface area contributed by atoms with E-state index in [4.69, 9.17) is 12.6 Å². The predicted octanol–water partition coefficient (Wildman–Crippen LogP) is 3.97. The highest BCUT2D eigenvalue weighted by Crippen LogP contribution is 2.18. The van der Waals surface area contributed by atoms with Gasteiger partial charge in [0.2, 0.25) is 0 Å². The van der Waals surface area contributed by atoms with Crippen LogP contribution in [0.4, 0.5) is 0 Å². The first-order chi connectivity index (χ1) is 9.60. The van der Waals surface area contributed by atoms with Gasteiger partial charge in [-0.05, 0) is 24.3 Å². The van der Waals surface area contributed by atoms with Gasteiger partial charge in [0.05, 0.1) is 0 Å². The van der Waals surface area contributed by atoms with Crippen LogP contribution in [0.5, 0.6) is 0 Å². The van der Waals surface area contributed by atoms with Crippen molar-refractivity contribution in [1.82, 2.24) is 10.6 Å². The largest absolute Gasteiger partial charge is 0.315 e. The second kappa shape index (κ2) is 13.0. The van der Waals surface area contributed by atoms with Gasteiger partial charge in [-0.25, -0.2) is 0 Å². The molecule has 20 heavy (non-hydrogen) atoms. The molecule has 0 aromatic rings. The summed E-state index contributed by atoms with van der Waals surface area (Å²) in [5.74, 6) is 2.40. The van der Waals surface area contributed by atoms with Crippen molar-refractivity contribution in [2.45, 2.75) is 65.6 Å². The zero-order valence-corrected chi connectivity index (χ0v) is 15.3. The fourth-order valence-electron chi connectivity index (χ4n) is 3.02. The quantitative estimate of drug-likeness (QED) is 0.354. The lowest BCUT2D eigenvalue weighted by molar-refractivity contribution is 0.323. The van der Waals surface area contributed by atoms with Crippen LogP contribution in [0.3, 0.4) is 0 Å². The van der Waals surface area contributed by atoms with Gasteiger partial charge in [-0.15, -0.1) is 0 Å². The summed E-state index contributed by atoms with van der Waals surface area (Å²) >= 11 is 4.71. The third kappa shape index (κ3) is 8.53. The summed E-state index contributed by atoms with van der Waals surface area (Å²) < 4.78 is 0. The van der Waals surface area contributed by atoms with Crippen LogP contribution in [0.15, 0.2) is 0 Å². The first-order valence-corrected chi connectivity index (χ1v) is 9.21. The number of hydrogen-bond donors (Lipinski definition) is 3. The van der Waals surface area contributed by atoms with E-state index in [0.29, 0.717) is 5.25 Å². The van der Waals surface area contributed by atoms with Crippen molar-refractivity contribution < 1.29 is 0 Å². The van der Waals surface area contributed by atoms with Gasteiger partial charge in [0.25, 0.3) is 0 Å². The molecule has 122 valence electrons. The Morgan fingerprint density at radius 3 is 1.65 bits per heavy atom. The van der Waals surface area contributed by atoms with E-state index in [1.807, 2.05) is 0 Å². The van der Waals surface area contributed by atoms with E-state index in [2.05, 4.69) is 45.3 Å². The maximum absolute atomic E-state index is 4.71. The Labute approximate surface area is 133 Å². The fraction of sp³-hybridized carbons (Fsp3) is 1.00. The highest BCUT2D eigenvalue weighted by molar-refractivity contribution is 7.81. The maximum atomic E-state index is 4.71. The van der Waals surface area contributed by atoms with E-state index in [9.17, 15) is 0 Å². The third-order valence-electron chi connectivity index (χ3n) is 4.74.